The lowest BCUT2D eigenvalue weighted by atomic mass is 9.92. The molecule has 2 fully saturated rings. The summed E-state index contributed by atoms with van der Waals surface area (Å²) in [7, 11) is 0. The van der Waals surface area contributed by atoms with E-state index >= 15 is 4.39 Å². The second kappa shape index (κ2) is 12.6. The van der Waals surface area contributed by atoms with E-state index in [-0.39, 0.29) is 18.3 Å². The van der Waals surface area contributed by atoms with E-state index < -0.39 is 17.6 Å². The number of halogens is 2. The molecule has 0 atom stereocenters. The zero-order chi connectivity index (χ0) is 28.9. The summed E-state index contributed by atoms with van der Waals surface area (Å²) < 4.78 is 35.3. The highest BCUT2D eigenvalue weighted by molar-refractivity contribution is 5.71. The van der Waals surface area contributed by atoms with Crippen molar-refractivity contribution in [2.45, 2.75) is 45.1 Å². The van der Waals surface area contributed by atoms with E-state index in [1.807, 2.05) is 24.0 Å². The predicted octanol–water partition coefficient (Wildman–Crippen LogP) is 5.31. The van der Waals surface area contributed by atoms with E-state index in [1.165, 1.54) is 6.07 Å². The molecule has 0 bridgehead atoms. The fourth-order valence-corrected chi connectivity index (χ4v) is 5.60. The second-order valence-corrected chi connectivity index (χ2v) is 10.8. The van der Waals surface area contributed by atoms with Gasteiger partial charge in [-0.05, 0) is 81.6 Å². The number of anilines is 1. The minimum atomic E-state index is -1.08. The Hall–Kier alpha value is -4.10. The van der Waals surface area contributed by atoms with Crippen LogP contribution in [0.25, 0.3) is 11.3 Å². The molecule has 1 N–H and O–H groups in total. The lowest BCUT2D eigenvalue weighted by molar-refractivity contribution is -0.142. The number of carboxylic acids is 1. The van der Waals surface area contributed by atoms with Crippen molar-refractivity contribution in [3.8, 4) is 23.1 Å². The smallest absolute Gasteiger partial charge is 0.306 e. The molecule has 0 unspecified atom stereocenters. The summed E-state index contributed by atoms with van der Waals surface area (Å²) in [6, 6.07) is 12.1. The monoisotopic (exact) mass is 561 g/mol. The Morgan fingerprint density at radius 2 is 1.88 bits per heavy atom. The number of hydrogen-bond acceptors (Lipinski definition) is 7. The molecule has 41 heavy (non-hydrogen) atoms. The van der Waals surface area contributed by atoms with Crippen molar-refractivity contribution >= 4 is 11.8 Å². The van der Waals surface area contributed by atoms with Crippen LogP contribution in [-0.2, 0) is 11.4 Å². The molecule has 5 rings (SSSR count). The van der Waals surface area contributed by atoms with E-state index in [1.54, 1.807) is 18.3 Å². The molecule has 8 nitrogen and oxygen atoms in total. The van der Waals surface area contributed by atoms with Crippen LogP contribution in [0.4, 0.5) is 14.6 Å². The van der Waals surface area contributed by atoms with Gasteiger partial charge in [0, 0.05) is 42.0 Å². The van der Waals surface area contributed by atoms with E-state index in [2.05, 4.69) is 16.0 Å². The molecule has 10 heteroatoms. The van der Waals surface area contributed by atoms with Crippen LogP contribution in [0.15, 0.2) is 42.6 Å². The zero-order valence-corrected chi connectivity index (χ0v) is 23.0. The average Bonchev–Trinajstić information content (AvgIpc) is 2.99. The summed E-state index contributed by atoms with van der Waals surface area (Å²) >= 11 is 0. The van der Waals surface area contributed by atoms with Crippen molar-refractivity contribution in [2.24, 2.45) is 5.92 Å². The van der Waals surface area contributed by atoms with Crippen LogP contribution in [0.1, 0.15) is 48.4 Å². The lowest BCUT2D eigenvalue weighted by Crippen LogP contribution is -2.36. The zero-order valence-electron chi connectivity index (χ0n) is 23.0. The number of aromatic nitrogens is 2. The Morgan fingerprint density at radius 1 is 1.12 bits per heavy atom. The number of hydrogen-bond donors (Lipinski definition) is 1. The number of ether oxygens (including phenoxy) is 1. The molecule has 2 saturated heterocycles. The van der Waals surface area contributed by atoms with Gasteiger partial charge in [0.1, 0.15) is 12.4 Å². The SMILES string of the molecule is Cc1cc(C2CCN(CC#N)CC2)ncc1COc1c(-c2cccc(N3CCC(C(=O)O)CC3)n2)ccc(F)c1F. The summed E-state index contributed by atoms with van der Waals surface area (Å²) in [5, 5.41) is 18.2. The second-order valence-electron chi connectivity index (χ2n) is 10.8. The molecule has 2 aliphatic rings. The maximum absolute atomic E-state index is 15.1. The van der Waals surface area contributed by atoms with E-state index in [0.717, 1.165) is 48.8 Å². The van der Waals surface area contributed by atoms with Gasteiger partial charge in [0.05, 0.1) is 24.2 Å². The number of carboxylic acid groups (broad SMARTS) is 1. The van der Waals surface area contributed by atoms with Gasteiger partial charge in [-0.25, -0.2) is 9.37 Å². The van der Waals surface area contributed by atoms with Crippen molar-refractivity contribution in [1.82, 2.24) is 14.9 Å². The number of rotatable bonds is 8. The maximum Gasteiger partial charge on any atom is 0.306 e. The van der Waals surface area contributed by atoms with Crippen LogP contribution in [-0.4, -0.2) is 58.7 Å². The first-order valence-electron chi connectivity index (χ1n) is 13.9. The Labute approximate surface area is 238 Å². The molecular weight excluding hydrogens is 528 g/mol. The van der Waals surface area contributed by atoms with E-state index in [9.17, 15) is 14.3 Å². The number of aryl methyl sites for hydroxylation is 1. The fourth-order valence-electron chi connectivity index (χ4n) is 5.60. The van der Waals surface area contributed by atoms with Crippen LogP contribution in [0.3, 0.4) is 0 Å². The molecular formula is C31H33F2N5O3. The Kier molecular flexibility index (Phi) is 8.74. The Bertz CT molecular complexity index is 1440. The van der Waals surface area contributed by atoms with Crippen LogP contribution in [0.2, 0.25) is 0 Å². The first-order chi connectivity index (χ1) is 19.8. The van der Waals surface area contributed by atoms with Gasteiger partial charge in [-0.2, -0.15) is 9.65 Å². The molecule has 2 aromatic heterocycles. The van der Waals surface area contributed by atoms with E-state index in [0.29, 0.717) is 55.5 Å². The van der Waals surface area contributed by atoms with Crippen LogP contribution >= 0.6 is 0 Å². The van der Waals surface area contributed by atoms with Crippen molar-refractivity contribution in [3.05, 3.63) is 71.1 Å². The average molecular weight is 562 g/mol. The van der Waals surface area contributed by atoms with Crippen molar-refractivity contribution in [1.29, 1.82) is 5.26 Å². The number of benzene rings is 1. The number of pyridine rings is 2. The third-order valence-corrected chi connectivity index (χ3v) is 8.14. The molecule has 0 saturated carbocycles. The van der Waals surface area contributed by atoms with Gasteiger partial charge in [0.15, 0.2) is 11.6 Å². The highest BCUT2D eigenvalue weighted by Crippen LogP contribution is 2.35. The fraction of sp³-hybridized carbons (Fsp3) is 0.419. The molecule has 0 amide bonds. The summed E-state index contributed by atoms with van der Waals surface area (Å²) in [4.78, 5) is 24.8. The van der Waals surface area contributed by atoms with Crippen LogP contribution in [0, 0.1) is 35.8 Å². The highest BCUT2D eigenvalue weighted by atomic mass is 19.2. The molecule has 1 aromatic carbocycles. The minimum Gasteiger partial charge on any atom is -0.485 e. The summed E-state index contributed by atoms with van der Waals surface area (Å²) in [5.74, 6) is -2.49. The maximum atomic E-state index is 15.1. The third-order valence-electron chi connectivity index (χ3n) is 8.14. The van der Waals surface area contributed by atoms with Crippen molar-refractivity contribution < 1.29 is 23.4 Å². The number of nitriles is 1. The molecule has 0 radical (unpaired) electrons. The normalized spacial score (nSPS) is 16.9. The molecule has 3 aromatic rings. The highest BCUT2D eigenvalue weighted by Gasteiger charge is 2.26. The first kappa shape index (κ1) is 28.4. The topological polar surface area (TPSA) is 103 Å². The number of likely N-dealkylation sites (tertiary alicyclic amines) is 1. The Balaban J connectivity index is 1.31. The third kappa shape index (κ3) is 6.46. The van der Waals surface area contributed by atoms with Crippen LogP contribution in [0.5, 0.6) is 5.75 Å². The minimum absolute atomic E-state index is 0.00942. The Morgan fingerprint density at radius 3 is 2.56 bits per heavy atom. The number of carbonyl (C=O) groups is 1. The number of nitrogens with zero attached hydrogens (tertiary/aromatic N) is 5. The summed E-state index contributed by atoms with van der Waals surface area (Å²) in [5.41, 5.74) is 3.49. The standard InChI is InChI=1S/C31H33F2N5O3/c1-20-17-27(21-7-12-37(13-8-21)16-11-34)35-18-23(20)19-41-30-24(5-6-25(32)29(30)33)26-3-2-4-28(36-26)38-14-9-22(10-15-38)31(39)40/h2-6,17-18,21-22H,7-10,12-16,19H2,1H3,(H,39,40). The lowest BCUT2D eigenvalue weighted by Gasteiger charge is -2.31. The van der Waals surface area contributed by atoms with Gasteiger partial charge in [0.2, 0.25) is 5.82 Å². The quantitative estimate of drug-likeness (QED) is 0.369. The largest absolute Gasteiger partial charge is 0.485 e. The van der Waals surface area contributed by atoms with E-state index in [4.69, 9.17) is 15.0 Å². The molecule has 4 heterocycles. The molecule has 0 aliphatic carbocycles. The predicted molar refractivity (Wildman–Crippen MR) is 149 cm³/mol. The van der Waals surface area contributed by atoms with Gasteiger partial charge < -0.3 is 14.7 Å². The van der Waals surface area contributed by atoms with Gasteiger partial charge in [-0.1, -0.05) is 6.07 Å². The van der Waals surface area contributed by atoms with Crippen LogP contribution < -0.4 is 9.64 Å². The van der Waals surface area contributed by atoms with Gasteiger partial charge in [-0.15, -0.1) is 0 Å². The molecule has 0 spiro atoms. The van der Waals surface area contributed by atoms with Crippen molar-refractivity contribution in [2.75, 3.05) is 37.6 Å². The summed E-state index contributed by atoms with van der Waals surface area (Å²) in [6.45, 7) is 5.24. The van der Waals surface area contributed by atoms with Crippen molar-refractivity contribution in [3.63, 3.8) is 0 Å². The first-order valence-corrected chi connectivity index (χ1v) is 13.9. The summed E-state index contributed by atoms with van der Waals surface area (Å²) in [6.07, 6.45) is 4.65. The molecule has 2 aliphatic heterocycles. The van der Waals surface area contributed by atoms with Gasteiger partial charge in [-0.3, -0.25) is 14.7 Å². The number of aliphatic carboxylic acids is 1. The molecule has 214 valence electrons. The van der Waals surface area contributed by atoms with Gasteiger partial charge >= 0.3 is 5.97 Å². The number of piperidine rings is 2. The van der Waals surface area contributed by atoms with Gasteiger partial charge in [0.25, 0.3) is 0 Å².